The van der Waals surface area contributed by atoms with Gasteiger partial charge in [-0.3, -0.25) is 4.79 Å². The summed E-state index contributed by atoms with van der Waals surface area (Å²) in [4.78, 5) is 26.3. The molecule has 2 aromatic rings. The van der Waals surface area contributed by atoms with Crippen LogP contribution in [0.25, 0.3) is 0 Å². The molecular formula is C18H18FN3O2. The molecule has 1 aromatic carbocycles. The Labute approximate surface area is 138 Å². The largest absolute Gasteiger partial charge is 0.324 e. The van der Waals surface area contributed by atoms with E-state index in [4.69, 9.17) is 0 Å². The fraction of sp³-hybridized carbons (Fsp3) is 0.333. The first-order valence-corrected chi connectivity index (χ1v) is 8.11. The highest BCUT2D eigenvalue weighted by molar-refractivity contribution is 5.89. The fourth-order valence-electron chi connectivity index (χ4n) is 3.83. The molecule has 0 spiro atoms. The van der Waals surface area contributed by atoms with E-state index in [1.54, 1.807) is 29.2 Å². The van der Waals surface area contributed by atoms with Crippen molar-refractivity contribution < 1.29 is 9.18 Å². The van der Waals surface area contributed by atoms with Crippen LogP contribution in [0, 0.1) is 11.7 Å². The zero-order valence-corrected chi connectivity index (χ0v) is 13.1. The minimum absolute atomic E-state index is 0.0277. The smallest absolute Gasteiger partial charge is 0.321 e. The van der Waals surface area contributed by atoms with E-state index in [1.807, 2.05) is 10.6 Å². The number of fused-ring (bicyclic) bond motifs is 4. The van der Waals surface area contributed by atoms with E-state index in [1.165, 1.54) is 12.1 Å². The number of pyridine rings is 1. The number of hydrogen-bond acceptors (Lipinski definition) is 2. The number of hydrogen-bond donors (Lipinski definition) is 1. The Morgan fingerprint density at radius 3 is 2.79 bits per heavy atom. The van der Waals surface area contributed by atoms with E-state index in [9.17, 15) is 14.0 Å². The monoisotopic (exact) mass is 327 g/mol. The summed E-state index contributed by atoms with van der Waals surface area (Å²) in [5, 5.41) is 2.76. The number of nitrogens with one attached hydrogen (secondary N) is 1. The van der Waals surface area contributed by atoms with Gasteiger partial charge in [-0.15, -0.1) is 0 Å². The van der Waals surface area contributed by atoms with Crippen LogP contribution < -0.4 is 10.9 Å². The molecule has 1 aromatic heterocycles. The van der Waals surface area contributed by atoms with Crippen molar-refractivity contribution in [2.24, 2.45) is 5.92 Å². The molecule has 1 N–H and O–H groups in total. The fourth-order valence-corrected chi connectivity index (χ4v) is 3.83. The standard InChI is InChI=1S/C18H18FN3O2/c19-14-3-1-4-15(8-14)20-18(24)21-9-12-7-13(11-21)16-5-2-6-17(23)22(16)10-12/h1-6,8,12-13H,7,9-11H2,(H,20,24)/t12-,13+/m0/s1. The zero-order chi connectivity index (χ0) is 16.7. The van der Waals surface area contributed by atoms with Crippen molar-refractivity contribution in [1.82, 2.24) is 9.47 Å². The van der Waals surface area contributed by atoms with E-state index < -0.39 is 0 Å². The molecule has 5 nitrogen and oxygen atoms in total. The number of urea groups is 1. The third-order valence-electron chi connectivity index (χ3n) is 4.84. The Hall–Kier alpha value is -2.63. The molecule has 124 valence electrons. The zero-order valence-electron chi connectivity index (χ0n) is 13.1. The van der Waals surface area contributed by atoms with Gasteiger partial charge in [-0.2, -0.15) is 0 Å². The SMILES string of the molecule is O=C(Nc1cccc(F)c1)N1C[C@@H]2C[C@H](C1)c1cccc(=O)n1C2. The maximum atomic E-state index is 13.3. The quantitative estimate of drug-likeness (QED) is 0.875. The van der Waals surface area contributed by atoms with Gasteiger partial charge in [-0.1, -0.05) is 12.1 Å². The van der Waals surface area contributed by atoms with Crippen LogP contribution in [0.5, 0.6) is 0 Å². The second-order valence-electron chi connectivity index (χ2n) is 6.54. The number of aromatic nitrogens is 1. The molecule has 6 heteroatoms. The Kier molecular flexibility index (Phi) is 3.59. The van der Waals surface area contributed by atoms with Crippen LogP contribution in [0.3, 0.4) is 0 Å². The van der Waals surface area contributed by atoms with Crippen LogP contribution >= 0.6 is 0 Å². The van der Waals surface area contributed by atoms with Gasteiger partial charge in [0.25, 0.3) is 5.56 Å². The topological polar surface area (TPSA) is 54.3 Å². The molecule has 2 bridgehead atoms. The number of halogens is 1. The molecule has 0 unspecified atom stereocenters. The van der Waals surface area contributed by atoms with Crippen molar-refractivity contribution in [3.8, 4) is 0 Å². The highest BCUT2D eigenvalue weighted by atomic mass is 19.1. The minimum Gasteiger partial charge on any atom is -0.324 e. The van der Waals surface area contributed by atoms with E-state index >= 15 is 0 Å². The Morgan fingerprint density at radius 1 is 1.12 bits per heavy atom. The van der Waals surface area contributed by atoms with Crippen LogP contribution in [-0.2, 0) is 6.54 Å². The number of anilines is 1. The lowest BCUT2D eigenvalue weighted by Crippen LogP contribution is -2.50. The molecule has 3 heterocycles. The van der Waals surface area contributed by atoms with Crippen LogP contribution in [-0.4, -0.2) is 28.6 Å². The van der Waals surface area contributed by atoms with E-state index in [2.05, 4.69) is 5.32 Å². The Balaban J connectivity index is 1.53. The van der Waals surface area contributed by atoms with E-state index in [0.29, 0.717) is 25.3 Å². The normalized spacial score (nSPS) is 22.0. The molecule has 2 aliphatic rings. The van der Waals surface area contributed by atoms with Crippen LogP contribution in [0.1, 0.15) is 18.0 Å². The summed E-state index contributed by atoms with van der Waals surface area (Å²) in [5.74, 6) is 0.0656. The summed E-state index contributed by atoms with van der Waals surface area (Å²) in [6, 6.07) is 11.0. The molecule has 2 aliphatic heterocycles. The molecule has 2 atom stereocenters. The van der Waals surface area contributed by atoms with Gasteiger partial charge < -0.3 is 14.8 Å². The number of amides is 2. The summed E-state index contributed by atoms with van der Waals surface area (Å²) < 4.78 is 15.1. The molecule has 0 saturated carbocycles. The molecular weight excluding hydrogens is 309 g/mol. The van der Waals surface area contributed by atoms with Crippen molar-refractivity contribution in [1.29, 1.82) is 0 Å². The van der Waals surface area contributed by atoms with E-state index in [0.717, 1.165) is 12.1 Å². The molecule has 1 saturated heterocycles. The molecule has 24 heavy (non-hydrogen) atoms. The van der Waals surface area contributed by atoms with Crippen LogP contribution in [0.15, 0.2) is 47.3 Å². The number of benzene rings is 1. The predicted octanol–water partition coefficient (Wildman–Crippen LogP) is 2.64. The molecule has 0 aliphatic carbocycles. The summed E-state index contributed by atoms with van der Waals surface area (Å²) in [5.41, 5.74) is 1.48. The van der Waals surface area contributed by atoms with Crippen molar-refractivity contribution in [2.45, 2.75) is 18.9 Å². The van der Waals surface area contributed by atoms with Gasteiger partial charge in [0, 0.05) is 43.0 Å². The van der Waals surface area contributed by atoms with Gasteiger partial charge in [0.1, 0.15) is 5.82 Å². The number of piperidine rings is 1. The molecule has 4 rings (SSSR count). The number of carbonyl (C=O) groups excluding carboxylic acids is 1. The second kappa shape index (κ2) is 5.78. The number of likely N-dealkylation sites (tertiary alicyclic amines) is 1. The summed E-state index contributed by atoms with van der Waals surface area (Å²) in [6.07, 6.45) is 0.993. The molecule has 1 fully saturated rings. The predicted molar refractivity (Wildman–Crippen MR) is 88.5 cm³/mol. The van der Waals surface area contributed by atoms with Crippen LogP contribution in [0.2, 0.25) is 0 Å². The highest BCUT2D eigenvalue weighted by Gasteiger charge is 2.36. The average Bonchev–Trinajstić information content (AvgIpc) is 2.56. The van der Waals surface area contributed by atoms with Gasteiger partial charge in [-0.05, 0) is 36.6 Å². The van der Waals surface area contributed by atoms with Crippen molar-refractivity contribution in [3.63, 3.8) is 0 Å². The summed E-state index contributed by atoms with van der Waals surface area (Å²) in [7, 11) is 0. The van der Waals surface area contributed by atoms with Gasteiger partial charge in [0.05, 0.1) is 0 Å². The second-order valence-corrected chi connectivity index (χ2v) is 6.54. The first-order chi connectivity index (χ1) is 11.6. The number of rotatable bonds is 1. The first-order valence-electron chi connectivity index (χ1n) is 8.11. The maximum Gasteiger partial charge on any atom is 0.321 e. The lowest BCUT2D eigenvalue weighted by molar-refractivity contribution is 0.139. The maximum absolute atomic E-state index is 13.3. The third kappa shape index (κ3) is 2.68. The number of nitrogens with zero attached hydrogens (tertiary/aromatic N) is 2. The van der Waals surface area contributed by atoms with Gasteiger partial charge >= 0.3 is 6.03 Å². The lowest BCUT2D eigenvalue weighted by atomic mass is 9.83. The van der Waals surface area contributed by atoms with Gasteiger partial charge in [-0.25, -0.2) is 9.18 Å². The summed E-state index contributed by atoms with van der Waals surface area (Å²) in [6.45, 7) is 1.83. The highest BCUT2D eigenvalue weighted by Crippen LogP contribution is 2.35. The van der Waals surface area contributed by atoms with E-state index in [-0.39, 0.29) is 29.2 Å². The van der Waals surface area contributed by atoms with Gasteiger partial charge in [0.15, 0.2) is 0 Å². The van der Waals surface area contributed by atoms with Crippen LogP contribution in [0.4, 0.5) is 14.9 Å². The first kappa shape index (κ1) is 14.9. The minimum atomic E-state index is -0.378. The Morgan fingerprint density at radius 2 is 1.96 bits per heavy atom. The van der Waals surface area contributed by atoms with Crippen molar-refractivity contribution >= 4 is 11.7 Å². The van der Waals surface area contributed by atoms with Crippen molar-refractivity contribution in [2.75, 3.05) is 18.4 Å². The average molecular weight is 327 g/mol. The van der Waals surface area contributed by atoms with Crippen molar-refractivity contribution in [3.05, 3.63) is 64.3 Å². The molecule has 0 radical (unpaired) electrons. The summed E-state index contributed by atoms with van der Waals surface area (Å²) >= 11 is 0. The Bertz CT molecular complexity index is 848. The van der Waals surface area contributed by atoms with Gasteiger partial charge in [0.2, 0.25) is 0 Å². The third-order valence-corrected chi connectivity index (χ3v) is 4.84. The number of carbonyl (C=O) groups is 1. The lowest BCUT2D eigenvalue weighted by Gasteiger charge is -2.42. The molecule has 2 amide bonds.